The number of nitrogens with zero attached hydrogens (tertiary/aromatic N) is 2. The SMILES string of the molecule is CS(=O)(=O)N(CC(=O)NCc1ccccc1CN1CCCC1=O)c1ccc(F)c(F)c1. The molecule has 0 aromatic heterocycles. The molecule has 1 N–H and O–H groups in total. The molecular formula is C21H23F2N3O4S. The van der Waals surface area contributed by atoms with Crippen LogP contribution in [-0.4, -0.2) is 44.5 Å². The minimum atomic E-state index is -3.92. The molecule has 1 saturated heterocycles. The second-order valence-electron chi connectivity index (χ2n) is 7.33. The minimum Gasteiger partial charge on any atom is -0.350 e. The van der Waals surface area contributed by atoms with E-state index in [0.29, 0.717) is 23.8 Å². The Kier molecular flexibility index (Phi) is 6.89. The fourth-order valence-corrected chi connectivity index (χ4v) is 4.23. The molecule has 7 nitrogen and oxygen atoms in total. The topological polar surface area (TPSA) is 86.8 Å². The predicted molar refractivity (Wildman–Crippen MR) is 111 cm³/mol. The van der Waals surface area contributed by atoms with Crippen LogP contribution in [0.15, 0.2) is 42.5 Å². The number of amides is 2. The maximum Gasteiger partial charge on any atom is 0.241 e. The van der Waals surface area contributed by atoms with E-state index >= 15 is 0 Å². The molecule has 1 aliphatic heterocycles. The Morgan fingerprint density at radius 1 is 1.13 bits per heavy atom. The van der Waals surface area contributed by atoms with Gasteiger partial charge in [-0.3, -0.25) is 13.9 Å². The summed E-state index contributed by atoms with van der Waals surface area (Å²) in [5.74, 6) is -2.84. The monoisotopic (exact) mass is 451 g/mol. The van der Waals surface area contributed by atoms with Crippen molar-refractivity contribution in [2.24, 2.45) is 0 Å². The Morgan fingerprint density at radius 3 is 2.45 bits per heavy atom. The number of carbonyl (C=O) groups is 2. The summed E-state index contributed by atoms with van der Waals surface area (Å²) in [6.45, 7) is 0.676. The normalized spacial score (nSPS) is 14.0. The summed E-state index contributed by atoms with van der Waals surface area (Å²) in [6, 6.07) is 9.96. The van der Waals surface area contributed by atoms with Crippen molar-refractivity contribution in [3.05, 3.63) is 65.2 Å². The maximum absolute atomic E-state index is 13.5. The van der Waals surface area contributed by atoms with E-state index in [1.807, 2.05) is 18.2 Å². The second kappa shape index (κ2) is 9.42. The third kappa shape index (κ3) is 5.78. The fourth-order valence-electron chi connectivity index (χ4n) is 3.38. The van der Waals surface area contributed by atoms with Gasteiger partial charge in [0.15, 0.2) is 11.6 Å². The molecule has 1 heterocycles. The molecule has 1 aliphatic rings. The Hall–Kier alpha value is -3.01. The molecule has 2 aromatic carbocycles. The lowest BCUT2D eigenvalue weighted by Crippen LogP contribution is -2.40. The summed E-state index contributed by atoms with van der Waals surface area (Å²) in [7, 11) is -3.92. The molecule has 0 spiro atoms. The summed E-state index contributed by atoms with van der Waals surface area (Å²) in [6.07, 6.45) is 2.23. The van der Waals surface area contributed by atoms with Gasteiger partial charge in [0, 0.05) is 32.1 Å². The standard InChI is InChI=1S/C21H23F2N3O4S/c1-31(29,30)26(17-8-9-18(22)19(23)11-17)14-20(27)24-12-15-5-2-3-6-16(15)13-25-10-4-7-21(25)28/h2-3,5-6,8-9,11H,4,7,10,12-14H2,1H3,(H,24,27). The van der Waals surface area contributed by atoms with Gasteiger partial charge in [-0.15, -0.1) is 0 Å². The number of halogens is 2. The van der Waals surface area contributed by atoms with Gasteiger partial charge in [0.05, 0.1) is 11.9 Å². The number of hydrogen-bond acceptors (Lipinski definition) is 4. The number of benzene rings is 2. The lowest BCUT2D eigenvalue weighted by atomic mass is 10.1. The van der Waals surface area contributed by atoms with Crippen LogP contribution >= 0.6 is 0 Å². The summed E-state index contributed by atoms with van der Waals surface area (Å²) < 4.78 is 51.7. The van der Waals surface area contributed by atoms with Gasteiger partial charge in [0.2, 0.25) is 21.8 Å². The Labute approximate surface area is 179 Å². The van der Waals surface area contributed by atoms with Crippen LogP contribution in [0.2, 0.25) is 0 Å². The van der Waals surface area contributed by atoms with Crippen LogP contribution in [0.4, 0.5) is 14.5 Å². The van der Waals surface area contributed by atoms with Crippen LogP contribution < -0.4 is 9.62 Å². The molecule has 0 saturated carbocycles. The largest absolute Gasteiger partial charge is 0.350 e. The van der Waals surface area contributed by atoms with E-state index in [1.54, 1.807) is 11.0 Å². The first kappa shape index (κ1) is 22.7. The molecule has 31 heavy (non-hydrogen) atoms. The van der Waals surface area contributed by atoms with Crippen LogP contribution in [0.1, 0.15) is 24.0 Å². The fraction of sp³-hybridized carbons (Fsp3) is 0.333. The van der Waals surface area contributed by atoms with Gasteiger partial charge < -0.3 is 10.2 Å². The van der Waals surface area contributed by atoms with Gasteiger partial charge in [0.25, 0.3) is 0 Å². The summed E-state index contributed by atoms with van der Waals surface area (Å²) in [4.78, 5) is 26.1. The molecule has 10 heteroatoms. The first-order chi connectivity index (χ1) is 14.6. The third-order valence-corrected chi connectivity index (χ3v) is 6.15. The zero-order valence-corrected chi connectivity index (χ0v) is 17.8. The first-order valence-electron chi connectivity index (χ1n) is 9.69. The van der Waals surface area contributed by atoms with Gasteiger partial charge >= 0.3 is 0 Å². The highest BCUT2D eigenvalue weighted by atomic mass is 32.2. The van der Waals surface area contributed by atoms with E-state index < -0.39 is 34.1 Å². The molecule has 0 bridgehead atoms. The number of sulfonamides is 1. The molecule has 0 atom stereocenters. The second-order valence-corrected chi connectivity index (χ2v) is 9.24. The van der Waals surface area contributed by atoms with E-state index in [9.17, 15) is 26.8 Å². The molecule has 3 rings (SSSR count). The average molecular weight is 451 g/mol. The zero-order chi connectivity index (χ0) is 22.6. The molecule has 2 amide bonds. The lowest BCUT2D eigenvalue weighted by molar-refractivity contribution is -0.128. The highest BCUT2D eigenvalue weighted by molar-refractivity contribution is 7.92. The van der Waals surface area contributed by atoms with Gasteiger partial charge in [0.1, 0.15) is 6.54 Å². The number of hydrogen-bond donors (Lipinski definition) is 1. The van der Waals surface area contributed by atoms with Crippen molar-refractivity contribution >= 4 is 27.5 Å². The quantitative estimate of drug-likeness (QED) is 0.667. The van der Waals surface area contributed by atoms with Crippen LogP contribution in [0.25, 0.3) is 0 Å². The van der Waals surface area contributed by atoms with E-state index in [1.165, 1.54) is 0 Å². The predicted octanol–water partition coefficient (Wildman–Crippen LogP) is 2.17. The number of anilines is 1. The molecule has 0 aliphatic carbocycles. The van der Waals surface area contributed by atoms with E-state index in [0.717, 1.165) is 42.0 Å². The van der Waals surface area contributed by atoms with Gasteiger partial charge in [-0.2, -0.15) is 0 Å². The number of nitrogens with one attached hydrogen (secondary N) is 1. The van der Waals surface area contributed by atoms with Crippen molar-refractivity contribution in [1.82, 2.24) is 10.2 Å². The summed E-state index contributed by atoms with van der Waals surface area (Å²) >= 11 is 0. The molecule has 0 radical (unpaired) electrons. The van der Waals surface area contributed by atoms with E-state index in [-0.39, 0.29) is 18.1 Å². The molecule has 2 aromatic rings. The van der Waals surface area contributed by atoms with Crippen LogP contribution in [0.5, 0.6) is 0 Å². The summed E-state index contributed by atoms with van der Waals surface area (Å²) in [5.41, 5.74) is 1.54. The van der Waals surface area contributed by atoms with Crippen molar-refractivity contribution in [3.63, 3.8) is 0 Å². The lowest BCUT2D eigenvalue weighted by Gasteiger charge is -2.22. The maximum atomic E-state index is 13.5. The smallest absolute Gasteiger partial charge is 0.241 e. The zero-order valence-electron chi connectivity index (χ0n) is 17.0. The van der Waals surface area contributed by atoms with Crippen molar-refractivity contribution < 1.29 is 26.8 Å². The van der Waals surface area contributed by atoms with Crippen LogP contribution in [0.3, 0.4) is 0 Å². The van der Waals surface area contributed by atoms with Crippen molar-refractivity contribution in [2.75, 3.05) is 23.7 Å². The van der Waals surface area contributed by atoms with Crippen LogP contribution in [-0.2, 0) is 32.7 Å². The first-order valence-corrected chi connectivity index (χ1v) is 11.5. The molecule has 0 unspecified atom stereocenters. The van der Waals surface area contributed by atoms with E-state index in [4.69, 9.17) is 0 Å². The van der Waals surface area contributed by atoms with Crippen LogP contribution in [0, 0.1) is 11.6 Å². The highest BCUT2D eigenvalue weighted by Crippen LogP contribution is 2.21. The highest BCUT2D eigenvalue weighted by Gasteiger charge is 2.23. The minimum absolute atomic E-state index is 0.0918. The van der Waals surface area contributed by atoms with Crippen molar-refractivity contribution in [1.29, 1.82) is 0 Å². The van der Waals surface area contributed by atoms with Crippen molar-refractivity contribution in [3.8, 4) is 0 Å². The molecular weight excluding hydrogens is 428 g/mol. The van der Waals surface area contributed by atoms with E-state index in [2.05, 4.69) is 5.32 Å². The Bertz CT molecular complexity index is 1090. The summed E-state index contributed by atoms with van der Waals surface area (Å²) in [5, 5.41) is 2.66. The molecule has 166 valence electrons. The van der Waals surface area contributed by atoms with Gasteiger partial charge in [-0.05, 0) is 29.7 Å². The van der Waals surface area contributed by atoms with Crippen molar-refractivity contribution in [2.45, 2.75) is 25.9 Å². The third-order valence-electron chi connectivity index (χ3n) is 5.01. The van der Waals surface area contributed by atoms with Gasteiger partial charge in [-0.1, -0.05) is 24.3 Å². The molecule has 1 fully saturated rings. The average Bonchev–Trinajstić information content (AvgIpc) is 3.11. The number of rotatable bonds is 8. The Balaban J connectivity index is 1.68. The number of carbonyl (C=O) groups excluding carboxylic acids is 2. The van der Waals surface area contributed by atoms with Gasteiger partial charge in [-0.25, -0.2) is 17.2 Å². The number of likely N-dealkylation sites (tertiary alicyclic amines) is 1. The Morgan fingerprint density at radius 2 is 1.84 bits per heavy atom.